The molecule has 3 aromatic rings. The molecule has 1 fully saturated rings. The van der Waals surface area contributed by atoms with Gasteiger partial charge in [-0.3, -0.25) is 9.59 Å². The van der Waals surface area contributed by atoms with Gasteiger partial charge in [-0.15, -0.1) is 0 Å². The van der Waals surface area contributed by atoms with Gasteiger partial charge in [0.2, 0.25) is 17.6 Å². The summed E-state index contributed by atoms with van der Waals surface area (Å²) >= 11 is 0. The van der Waals surface area contributed by atoms with Crippen molar-refractivity contribution < 1.29 is 19.2 Å². The molecule has 0 aliphatic carbocycles. The number of carbonyl (C=O) groups excluding carboxylic acids is 2. The van der Waals surface area contributed by atoms with Crippen molar-refractivity contribution in [3.63, 3.8) is 0 Å². The SMILES string of the molecule is CC(=O)N(N)c1ccc(C(=O)N2CCCC2)cc1N.Cc1nc(-c2ccc(O)cc2)no1. The fourth-order valence-electron chi connectivity index (χ4n) is 3.21. The Hall–Kier alpha value is -3.92. The minimum Gasteiger partial charge on any atom is -0.508 e. The van der Waals surface area contributed by atoms with Gasteiger partial charge in [0.15, 0.2) is 0 Å². The molecule has 0 atom stereocenters. The predicted octanol–water partition coefficient (Wildman–Crippen LogP) is 2.48. The maximum Gasteiger partial charge on any atom is 0.253 e. The lowest BCUT2D eigenvalue weighted by molar-refractivity contribution is -0.116. The van der Waals surface area contributed by atoms with Gasteiger partial charge >= 0.3 is 0 Å². The van der Waals surface area contributed by atoms with Gasteiger partial charge in [0, 0.05) is 38.1 Å². The third-order valence-electron chi connectivity index (χ3n) is 4.92. The Morgan fingerprint density at radius 1 is 1.12 bits per heavy atom. The number of nitrogens with zero attached hydrogens (tertiary/aromatic N) is 4. The number of aromatic hydroxyl groups is 1. The van der Waals surface area contributed by atoms with E-state index in [1.54, 1.807) is 54.3 Å². The average Bonchev–Trinajstić information content (AvgIpc) is 3.46. The molecular weight excluding hydrogens is 412 g/mol. The first-order chi connectivity index (χ1) is 15.3. The highest BCUT2D eigenvalue weighted by Crippen LogP contribution is 2.24. The van der Waals surface area contributed by atoms with E-state index in [9.17, 15) is 9.59 Å². The molecule has 2 amide bonds. The lowest BCUT2D eigenvalue weighted by atomic mass is 10.1. The van der Waals surface area contributed by atoms with Crippen LogP contribution in [0.25, 0.3) is 11.4 Å². The standard InChI is InChI=1S/C13H18N4O2.C9H8N2O2/c1-9(18)17(15)12-5-4-10(8-11(12)14)13(19)16-6-2-3-7-16;1-6-10-9(11-13-6)7-2-4-8(12)5-3-7/h4-5,8H,2-3,6-7,14-15H2,1H3;2-5,12H,1H3. The minimum atomic E-state index is -0.315. The number of rotatable bonds is 3. The van der Waals surface area contributed by atoms with Crippen LogP contribution < -0.4 is 16.6 Å². The van der Waals surface area contributed by atoms with Crippen molar-refractivity contribution in [2.24, 2.45) is 5.84 Å². The highest BCUT2D eigenvalue weighted by atomic mass is 16.5. The van der Waals surface area contributed by atoms with Crippen LogP contribution in [0, 0.1) is 6.92 Å². The zero-order chi connectivity index (χ0) is 23.3. The van der Waals surface area contributed by atoms with Gasteiger partial charge in [0.1, 0.15) is 5.75 Å². The first-order valence-corrected chi connectivity index (χ1v) is 10.1. The Balaban J connectivity index is 0.000000193. The average molecular weight is 438 g/mol. The molecule has 1 aromatic heterocycles. The number of carbonyl (C=O) groups is 2. The van der Waals surface area contributed by atoms with Crippen LogP contribution in [-0.2, 0) is 4.79 Å². The predicted molar refractivity (Wildman–Crippen MR) is 119 cm³/mol. The second-order valence-corrected chi connectivity index (χ2v) is 7.35. The number of hydrazine groups is 1. The Labute approximate surface area is 185 Å². The Bertz CT molecular complexity index is 1090. The van der Waals surface area contributed by atoms with Crippen LogP contribution in [0.5, 0.6) is 5.75 Å². The molecule has 1 aliphatic heterocycles. The summed E-state index contributed by atoms with van der Waals surface area (Å²) in [5, 5.41) is 13.8. The highest BCUT2D eigenvalue weighted by molar-refractivity contribution is 5.98. The van der Waals surface area contributed by atoms with E-state index in [0.29, 0.717) is 28.7 Å². The van der Waals surface area contributed by atoms with Gasteiger partial charge in [-0.2, -0.15) is 4.98 Å². The molecule has 1 saturated heterocycles. The Morgan fingerprint density at radius 3 is 2.31 bits per heavy atom. The molecule has 32 heavy (non-hydrogen) atoms. The third kappa shape index (κ3) is 5.41. The topological polar surface area (TPSA) is 152 Å². The van der Waals surface area contributed by atoms with Crippen LogP contribution in [0.4, 0.5) is 11.4 Å². The van der Waals surface area contributed by atoms with Gasteiger partial charge in [-0.1, -0.05) is 5.16 Å². The molecule has 168 valence electrons. The summed E-state index contributed by atoms with van der Waals surface area (Å²) in [6, 6.07) is 11.5. The fourth-order valence-corrected chi connectivity index (χ4v) is 3.21. The summed E-state index contributed by atoms with van der Waals surface area (Å²) in [4.78, 5) is 29.2. The van der Waals surface area contributed by atoms with Gasteiger partial charge in [-0.05, 0) is 55.3 Å². The quantitative estimate of drug-likeness (QED) is 0.244. The number of hydrogen-bond donors (Lipinski definition) is 3. The summed E-state index contributed by atoms with van der Waals surface area (Å²) in [5.74, 6) is 6.55. The van der Waals surface area contributed by atoms with E-state index in [4.69, 9.17) is 21.2 Å². The van der Waals surface area contributed by atoms with E-state index in [-0.39, 0.29) is 17.6 Å². The normalized spacial score (nSPS) is 12.8. The molecule has 2 aromatic carbocycles. The smallest absolute Gasteiger partial charge is 0.253 e. The number of aromatic nitrogens is 2. The number of amides is 2. The second-order valence-electron chi connectivity index (χ2n) is 7.35. The highest BCUT2D eigenvalue weighted by Gasteiger charge is 2.20. The minimum absolute atomic E-state index is 0.0258. The van der Waals surface area contributed by atoms with Crippen LogP contribution in [-0.4, -0.2) is 45.1 Å². The molecule has 4 rings (SSSR count). The largest absolute Gasteiger partial charge is 0.508 e. The molecule has 5 N–H and O–H groups in total. The van der Waals surface area contributed by atoms with Gasteiger partial charge in [0.05, 0.1) is 11.4 Å². The number of benzene rings is 2. The molecule has 2 heterocycles. The molecule has 0 bridgehead atoms. The van der Waals surface area contributed by atoms with Gasteiger partial charge in [-0.25, -0.2) is 10.9 Å². The zero-order valence-corrected chi connectivity index (χ0v) is 18.0. The zero-order valence-electron chi connectivity index (χ0n) is 18.0. The van der Waals surface area contributed by atoms with E-state index in [0.717, 1.165) is 36.5 Å². The maximum absolute atomic E-state index is 12.2. The molecule has 10 heteroatoms. The second kappa shape index (κ2) is 9.92. The lowest BCUT2D eigenvalue weighted by Crippen LogP contribution is -2.36. The van der Waals surface area contributed by atoms with Crippen LogP contribution in [0.3, 0.4) is 0 Å². The van der Waals surface area contributed by atoms with E-state index in [2.05, 4.69) is 10.1 Å². The van der Waals surface area contributed by atoms with Crippen LogP contribution in [0.2, 0.25) is 0 Å². The number of nitrogens with two attached hydrogens (primary N) is 2. The van der Waals surface area contributed by atoms with Crippen molar-refractivity contribution in [1.29, 1.82) is 0 Å². The van der Waals surface area contributed by atoms with E-state index < -0.39 is 0 Å². The number of phenols is 1. The number of nitrogen functional groups attached to an aromatic ring is 1. The van der Waals surface area contributed by atoms with E-state index in [1.807, 2.05) is 0 Å². The fraction of sp³-hybridized carbons (Fsp3) is 0.273. The molecule has 0 spiro atoms. The van der Waals surface area contributed by atoms with Crippen molar-refractivity contribution in [2.75, 3.05) is 23.8 Å². The summed E-state index contributed by atoms with van der Waals surface area (Å²) in [5.41, 5.74) is 7.94. The van der Waals surface area contributed by atoms with Crippen LogP contribution >= 0.6 is 0 Å². The molecule has 0 radical (unpaired) electrons. The van der Waals surface area contributed by atoms with Gasteiger partial charge in [0.25, 0.3) is 5.91 Å². The molecule has 0 unspecified atom stereocenters. The number of hydrogen-bond acceptors (Lipinski definition) is 8. The van der Waals surface area contributed by atoms with Crippen LogP contribution in [0.15, 0.2) is 47.0 Å². The molecule has 0 saturated carbocycles. The summed E-state index contributed by atoms with van der Waals surface area (Å²) in [7, 11) is 0. The van der Waals surface area contributed by atoms with E-state index in [1.165, 1.54) is 6.92 Å². The van der Waals surface area contributed by atoms with Crippen molar-refractivity contribution >= 4 is 23.2 Å². The Morgan fingerprint density at radius 2 is 1.78 bits per heavy atom. The monoisotopic (exact) mass is 438 g/mol. The summed E-state index contributed by atoms with van der Waals surface area (Å²) in [6.45, 7) is 4.66. The van der Waals surface area contributed by atoms with Crippen molar-refractivity contribution in [2.45, 2.75) is 26.7 Å². The number of aryl methyl sites for hydroxylation is 1. The number of anilines is 2. The third-order valence-corrected chi connectivity index (χ3v) is 4.92. The Kier molecular flexibility index (Phi) is 7.06. The summed E-state index contributed by atoms with van der Waals surface area (Å²) in [6.07, 6.45) is 2.08. The van der Waals surface area contributed by atoms with Crippen molar-refractivity contribution in [3.8, 4) is 17.1 Å². The first-order valence-electron chi connectivity index (χ1n) is 10.1. The molecule has 10 nitrogen and oxygen atoms in total. The van der Waals surface area contributed by atoms with Crippen molar-refractivity contribution in [3.05, 3.63) is 53.9 Å². The van der Waals surface area contributed by atoms with Crippen LogP contribution in [0.1, 0.15) is 36.0 Å². The van der Waals surface area contributed by atoms with E-state index >= 15 is 0 Å². The lowest BCUT2D eigenvalue weighted by Gasteiger charge is -2.19. The first kappa shape index (κ1) is 22.8. The number of likely N-dealkylation sites (tertiary alicyclic amines) is 1. The summed E-state index contributed by atoms with van der Waals surface area (Å²) < 4.78 is 4.83. The molecular formula is C22H26N6O4. The maximum atomic E-state index is 12.2. The molecule has 1 aliphatic rings. The number of phenolic OH excluding ortho intramolecular Hbond substituents is 1. The van der Waals surface area contributed by atoms with Gasteiger partial charge < -0.3 is 20.3 Å². The van der Waals surface area contributed by atoms with Crippen molar-refractivity contribution in [1.82, 2.24) is 15.0 Å².